The average Bonchev–Trinajstić information content (AvgIpc) is 2.48. The Balaban J connectivity index is 2.56. The molecule has 1 aromatic rings. The lowest BCUT2D eigenvalue weighted by atomic mass is 10.3. The van der Waals surface area contributed by atoms with E-state index in [4.69, 9.17) is 4.74 Å². The molecule has 14 heavy (non-hydrogen) atoms. The van der Waals surface area contributed by atoms with Gasteiger partial charge in [-0.25, -0.2) is 4.79 Å². The second-order valence-electron chi connectivity index (χ2n) is 2.90. The summed E-state index contributed by atoms with van der Waals surface area (Å²) in [6.07, 6.45) is 3.51. The maximum Gasteiger partial charge on any atom is 0.341 e. The highest BCUT2D eigenvalue weighted by molar-refractivity contribution is 7.98. The largest absolute Gasteiger partial charge is 0.461 e. The molecule has 0 amide bonds. The van der Waals surface area contributed by atoms with E-state index in [2.05, 4.69) is 5.10 Å². The van der Waals surface area contributed by atoms with Crippen LogP contribution in [0.4, 0.5) is 0 Å². The molecule has 0 fully saturated rings. The van der Waals surface area contributed by atoms with Crippen molar-refractivity contribution in [3.05, 3.63) is 17.5 Å². The van der Waals surface area contributed by atoms with Gasteiger partial charge < -0.3 is 4.74 Å². The summed E-state index contributed by atoms with van der Waals surface area (Å²) in [5.41, 5.74) is 1.38. The van der Waals surface area contributed by atoms with Crippen LogP contribution in [0.5, 0.6) is 0 Å². The number of aryl methyl sites for hydroxylation is 1. The first-order valence-electron chi connectivity index (χ1n) is 4.31. The number of aromatic nitrogens is 2. The van der Waals surface area contributed by atoms with E-state index in [1.165, 1.54) is 6.20 Å². The summed E-state index contributed by atoms with van der Waals surface area (Å²) in [7, 11) is 1.80. The smallest absolute Gasteiger partial charge is 0.341 e. The highest BCUT2D eigenvalue weighted by Gasteiger charge is 2.13. The SMILES string of the molecule is CSCCOC(=O)c1cnn(C)c1C. The Hall–Kier alpha value is -0.970. The van der Waals surface area contributed by atoms with Crippen molar-refractivity contribution in [3.63, 3.8) is 0 Å². The van der Waals surface area contributed by atoms with Crippen LogP contribution in [0, 0.1) is 6.92 Å². The number of thioether (sulfide) groups is 1. The Morgan fingerprint density at radius 1 is 1.71 bits per heavy atom. The molecule has 0 unspecified atom stereocenters. The number of nitrogens with zero attached hydrogens (tertiary/aromatic N) is 2. The van der Waals surface area contributed by atoms with Gasteiger partial charge >= 0.3 is 5.97 Å². The van der Waals surface area contributed by atoms with E-state index >= 15 is 0 Å². The summed E-state index contributed by atoms with van der Waals surface area (Å²) in [4.78, 5) is 11.5. The van der Waals surface area contributed by atoms with E-state index in [1.54, 1.807) is 23.5 Å². The van der Waals surface area contributed by atoms with Crippen LogP contribution in [-0.2, 0) is 11.8 Å². The Labute approximate surface area is 87.6 Å². The summed E-state index contributed by atoms with van der Waals surface area (Å²) >= 11 is 1.65. The molecule has 0 aliphatic heterocycles. The third-order valence-electron chi connectivity index (χ3n) is 1.98. The summed E-state index contributed by atoms with van der Waals surface area (Å²) in [6.45, 7) is 2.30. The third kappa shape index (κ3) is 2.51. The first-order chi connectivity index (χ1) is 6.66. The molecular weight excluding hydrogens is 200 g/mol. The second kappa shape index (κ2) is 5.05. The summed E-state index contributed by atoms with van der Waals surface area (Å²) in [6, 6.07) is 0. The van der Waals surface area contributed by atoms with Crippen LogP contribution in [0.2, 0.25) is 0 Å². The third-order valence-corrected chi connectivity index (χ3v) is 2.55. The van der Waals surface area contributed by atoms with Crippen molar-refractivity contribution in [2.24, 2.45) is 7.05 Å². The van der Waals surface area contributed by atoms with Crippen molar-refractivity contribution < 1.29 is 9.53 Å². The van der Waals surface area contributed by atoms with Crippen molar-refractivity contribution in [1.82, 2.24) is 9.78 Å². The number of esters is 1. The molecule has 0 spiro atoms. The van der Waals surface area contributed by atoms with Gasteiger partial charge in [0.25, 0.3) is 0 Å². The lowest BCUT2D eigenvalue weighted by molar-refractivity contribution is 0.0529. The quantitative estimate of drug-likeness (QED) is 0.559. The van der Waals surface area contributed by atoms with E-state index in [0.29, 0.717) is 12.2 Å². The molecule has 0 saturated heterocycles. The van der Waals surface area contributed by atoms with Gasteiger partial charge in [-0.1, -0.05) is 0 Å². The summed E-state index contributed by atoms with van der Waals surface area (Å²) in [5.74, 6) is 0.537. The number of hydrogen-bond acceptors (Lipinski definition) is 4. The van der Waals surface area contributed by atoms with Gasteiger partial charge in [0.15, 0.2) is 0 Å². The van der Waals surface area contributed by atoms with Gasteiger partial charge in [0.2, 0.25) is 0 Å². The number of ether oxygens (including phenoxy) is 1. The molecule has 1 heterocycles. The van der Waals surface area contributed by atoms with Crippen molar-refractivity contribution in [2.45, 2.75) is 6.92 Å². The normalized spacial score (nSPS) is 10.2. The van der Waals surface area contributed by atoms with E-state index in [0.717, 1.165) is 11.4 Å². The van der Waals surface area contributed by atoms with Gasteiger partial charge in [0, 0.05) is 18.5 Å². The predicted molar refractivity (Wildman–Crippen MR) is 56.6 cm³/mol. The Kier molecular flexibility index (Phi) is 4.00. The molecule has 0 aliphatic carbocycles. The fourth-order valence-electron chi connectivity index (χ4n) is 0.995. The minimum absolute atomic E-state index is 0.287. The van der Waals surface area contributed by atoms with Gasteiger partial charge in [-0.15, -0.1) is 0 Å². The standard InChI is InChI=1S/C9H14N2O2S/c1-7-8(6-10-11(7)2)9(12)13-4-5-14-3/h6H,4-5H2,1-3H3. The zero-order valence-electron chi connectivity index (χ0n) is 8.61. The molecule has 0 bridgehead atoms. The van der Waals surface area contributed by atoms with Crippen LogP contribution in [-0.4, -0.2) is 34.4 Å². The zero-order chi connectivity index (χ0) is 10.6. The number of carbonyl (C=O) groups excluding carboxylic acids is 1. The lowest BCUT2D eigenvalue weighted by Crippen LogP contribution is -2.08. The Bertz CT molecular complexity index is 323. The predicted octanol–water partition coefficient (Wildman–Crippen LogP) is 1.25. The first-order valence-corrected chi connectivity index (χ1v) is 5.71. The van der Waals surface area contributed by atoms with Crippen molar-refractivity contribution >= 4 is 17.7 Å². The van der Waals surface area contributed by atoms with Crippen molar-refractivity contribution in [3.8, 4) is 0 Å². The Morgan fingerprint density at radius 2 is 2.43 bits per heavy atom. The number of rotatable bonds is 4. The van der Waals surface area contributed by atoms with Gasteiger partial charge in [0.1, 0.15) is 12.2 Å². The van der Waals surface area contributed by atoms with Crippen LogP contribution in [0.1, 0.15) is 16.1 Å². The van der Waals surface area contributed by atoms with Crippen LogP contribution in [0.25, 0.3) is 0 Å². The molecule has 4 nitrogen and oxygen atoms in total. The monoisotopic (exact) mass is 214 g/mol. The minimum atomic E-state index is -0.287. The van der Waals surface area contributed by atoms with Gasteiger partial charge in [-0.3, -0.25) is 4.68 Å². The first kappa shape index (κ1) is 11.1. The zero-order valence-corrected chi connectivity index (χ0v) is 9.43. The molecule has 1 rings (SSSR count). The molecule has 0 radical (unpaired) electrons. The van der Waals surface area contributed by atoms with E-state index in [1.807, 2.05) is 13.2 Å². The molecular formula is C9H14N2O2S. The summed E-state index contributed by atoms with van der Waals surface area (Å²) in [5, 5.41) is 3.98. The van der Waals surface area contributed by atoms with E-state index < -0.39 is 0 Å². The topological polar surface area (TPSA) is 44.1 Å². The highest BCUT2D eigenvalue weighted by atomic mass is 32.2. The molecule has 0 atom stereocenters. The van der Waals surface area contributed by atoms with Crippen molar-refractivity contribution in [1.29, 1.82) is 0 Å². The maximum atomic E-state index is 11.5. The molecule has 0 N–H and O–H groups in total. The van der Waals surface area contributed by atoms with Crippen molar-refractivity contribution in [2.75, 3.05) is 18.6 Å². The number of carbonyl (C=O) groups is 1. The fourth-order valence-corrected chi connectivity index (χ4v) is 1.24. The highest BCUT2D eigenvalue weighted by Crippen LogP contribution is 2.07. The molecule has 0 saturated carbocycles. The van der Waals surface area contributed by atoms with Gasteiger partial charge in [-0.05, 0) is 13.2 Å². The van der Waals surface area contributed by atoms with Gasteiger partial charge in [0.05, 0.1) is 6.20 Å². The molecule has 1 aromatic heterocycles. The van der Waals surface area contributed by atoms with E-state index in [9.17, 15) is 4.79 Å². The molecule has 5 heteroatoms. The lowest BCUT2D eigenvalue weighted by Gasteiger charge is -2.02. The Morgan fingerprint density at radius 3 is 2.93 bits per heavy atom. The summed E-state index contributed by atoms with van der Waals surface area (Å²) < 4.78 is 6.71. The van der Waals surface area contributed by atoms with E-state index in [-0.39, 0.29) is 5.97 Å². The van der Waals surface area contributed by atoms with Crippen LogP contribution in [0.15, 0.2) is 6.20 Å². The minimum Gasteiger partial charge on any atom is -0.461 e. The molecule has 78 valence electrons. The molecule has 0 aliphatic rings. The molecule has 0 aromatic carbocycles. The fraction of sp³-hybridized carbons (Fsp3) is 0.556. The second-order valence-corrected chi connectivity index (χ2v) is 3.88. The average molecular weight is 214 g/mol. The van der Waals surface area contributed by atoms with Gasteiger partial charge in [-0.2, -0.15) is 16.9 Å². The van der Waals surface area contributed by atoms with Crippen LogP contribution < -0.4 is 0 Å². The maximum absolute atomic E-state index is 11.5. The van der Waals surface area contributed by atoms with Crippen LogP contribution >= 0.6 is 11.8 Å². The number of hydrogen-bond donors (Lipinski definition) is 0. The van der Waals surface area contributed by atoms with Crippen LogP contribution in [0.3, 0.4) is 0 Å².